The predicted octanol–water partition coefficient (Wildman–Crippen LogP) is 2.94. The summed E-state index contributed by atoms with van der Waals surface area (Å²) in [5.74, 6) is 0.418. The first-order chi connectivity index (χ1) is 9.17. The van der Waals surface area contributed by atoms with Crippen molar-refractivity contribution in [2.24, 2.45) is 10.7 Å². The van der Waals surface area contributed by atoms with E-state index in [0.29, 0.717) is 12.5 Å². The van der Waals surface area contributed by atoms with Crippen molar-refractivity contribution in [3.8, 4) is 0 Å². The normalized spacial score (nSPS) is 11.6. The molecule has 0 saturated carbocycles. The Kier molecular flexibility index (Phi) is 4.52. The Balaban J connectivity index is 1.97. The summed E-state index contributed by atoms with van der Waals surface area (Å²) in [4.78, 5) is 9.73. The summed E-state index contributed by atoms with van der Waals surface area (Å²) in [6.07, 6.45) is 2.86. The molecule has 0 atom stereocenters. The van der Waals surface area contributed by atoms with E-state index < -0.39 is 0 Å². The van der Waals surface area contributed by atoms with Gasteiger partial charge in [0.2, 0.25) is 0 Å². The van der Waals surface area contributed by atoms with E-state index in [0.717, 1.165) is 17.1 Å². The molecule has 0 aliphatic heterocycles. The van der Waals surface area contributed by atoms with E-state index in [2.05, 4.69) is 34.3 Å². The maximum absolute atomic E-state index is 5.87. The third-order valence-electron chi connectivity index (χ3n) is 2.66. The van der Waals surface area contributed by atoms with E-state index in [4.69, 9.17) is 5.73 Å². The average molecular weight is 274 g/mol. The molecule has 0 bridgehead atoms. The lowest BCUT2D eigenvalue weighted by molar-refractivity contribution is 1.03. The van der Waals surface area contributed by atoms with Crippen LogP contribution in [0.5, 0.6) is 0 Å². The predicted molar refractivity (Wildman–Crippen MR) is 81.6 cm³/mol. The Bertz CT molecular complexity index is 574. The first kappa shape index (κ1) is 13.5. The number of benzene rings is 1. The van der Waals surface area contributed by atoms with Crippen LogP contribution < -0.4 is 11.1 Å². The van der Waals surface area contributed by atoms with Crippen molar-refractivity contribution in [1.29, 1.82) is 0 Å². The van der Waals surface area contributed by atoms with Gasteiger partial charge in [-0.15, -0.1) is 11.3 Å². The van der Waals surface area contributed by atoms with Gasteiger partial charge in [-0.3, -0.25) is 0 Å². The van der Waals surface area contributed by atoms with Gasteiger partial charge < -0.3 is 11.1 Å². The van der Waals surface area contributed by atoms with E-state index in [1.807, 2.05) is 25.3 Å². The third-order valence-corrected chi connectivity index (χ3v) is 3.56. The number of nitrogens with zero attached hydrogens (tertiary/aromatic N) is 2. The fourth-order valence-electron chi connectivity index (χ4n) is 1.68. The molecule has 3 N–H and O–H groups in total. The fourth-order valence-corrected chi connectivity index (χ4v) is 2.40. The Morgan fingerprint density at radius 1 is 1.47 bits per heavy atom. The molecule has 1 heterocycles. The summed E-state index contributed by atoms with van der Waals surface area (Å²) < 4.78 is 0. The van der Waals surface area contributed by atoms with Gasteiger partial charge in [0.25, 0.3) is 0 Å². The van der Waals surface area contributed by atoms with E-state index in [9.17, 15) is 0 Å². The van der Waals surface area contributed by atoms with Gasteiger partial charge in [-0.25, -0.2) is 9.98 Å². The highest BCUT2D eigenvalue weighted by atomic mass is 32.1. The summed E-state index contributed by atoms with van der Waals surface area (Å²) in [6, 6.07) is 8.17. The first-order valence-electron chi connectivity index (χ1n) is 6.24. The smallest absolute Gasteiger partial charge is 0.193 e. The van der Waals surface area contributed by atoms with Crippen LogP contribution in [0.2, 0.25) is 0 Å². The zero-order chi connectivity index (χ0) is 13.7. The molecule has 2 rings (SSSR count). The topological polar surface area (TPSA) is 63.3 Å². The standard InChI is InChI=1S/C14H18N4S/c1-3-11-5-4-6-12(7-11)18-14(15)17-9-13-16-8-10(2)19-13/h4-8H,3,9H2,1-2H3,(H3,15,17,18). The number of anilines is 1. The van der Waals surface area contributed by atoms with Crippen LogP contribution in [0.25, 0.3) is 0 Å². The van der Waals surface area contributed by atoms with Gasteiger partial charge in [0.05, 0.1) is 6.54 Å². The quantitative estimate of drug-likeness (QED) is 0.665. The van der Waals surface area contributed by atoms with Gasteiger partial charge in [0, 0.05) is 16.8 Å². The maximum atomic E-state index is 5.87. The molecule has 0 amide bonds. The molecule has 5 heteroatoms. The number of aliphatic imine (C=N–C) groups is 1. The van der Waals surface area contributed by atoms with Crippen LogP contribution in [0.3, 0.4) is 0 Å². The zero-order valence-corrected chi connectivity index (χ0v) is 12.0. The highest BCUT2D eigenvalue weighted by Gasteiger charge is 1.99. The lowest BCUT2D eigenvalue weighted by Gasteiger charge is -2.06. The molecule has 2 aromatic rings. The lowest BCUT2D eigenvalue weighted by atomic mass is 10.1. The number of nitrogens with one attached hydrogen (secondary N) is 1. The van der Waals surface area contributed by atoms with Crippen LogP contribution in [-0.2, 0) is 13.0 Å². The summed E-state index contributed by atoms with van der Waals surface area (Å²) in [6.45, 7) is 4.68. The molecular weight excluding hydrogens is 256 g/mol. The zero-order valence-electron chi connectivity index (χ0n) is 11.2. The molecule has 0 radical (unpaired) electrons. The summed E-state index contributed by atoms with van der Waals surface area (Å²) >= 11 is 1.64. The Morgan fingerprint density at radius 3 is 3.00 bits per heavy atom. The van der Waals surface area contributed by atoms with Crippen molar-refractivity contribution in [2.45, 2.75) is 26.8 Å². The molecule has 100 valence electrons. The molecule has 4 nitrogen and oxygen atoms in total. The van der Waals surface area contributed by atoms with Crippen LogP contribution in [0.1, 0.15) is 22.4 Å². The number of guanidine groups is 1. The summed E-state index contributed by atoms with van der Waals surface area (Å²) in [7, 11) is 0. The van der Waals surface area contributed by atoms with E-state index >= 15 is 0 Å². The van der Waals surface area contributed by atoms with Crippen molar-refractivity contribution in [3.63, 3.8) is 0 Å². The SMILES string of the molecule is CCc1cccc(NC(N)=NCc2ncc(C)s2)c1. The number of hydrogen-bond acceptors (Lipinski definition) is 3. The highest BCUT2D eigenvalue weighted by molar-refractivity contribution is 7.11. The Hall–Kier alpha value is -1.88. The molecule has 0 aliphatic carbocycles. The van der Waals surface area contributed by atoms with Crippen LogP contribution in [0.15, 0.2) is 35.5 Å². The lowest BCUT2D eigenvalue weighted by Crippen LogP contribution is -2.22. The maximum Gasteiger partial charge on any atom is 0.193 e. The third kappa shape index (κ3) is 4.06. The van der Waals surface area contributed by atoms with Crippen molar-refractivity contribution >= 4 is 23.0 Å². The molecule has 0 fully saturated rings. The summed E-state index contributed by atoms with van der Waals surface area (Å²) in [5, 5.41) is 4.07. The van der Waals surface area contributed by atoms with Crippen molar-refractivity contribution in [1.82, 2.24) is 4.98 Å². The van der Waals surface area contributed by atoms with Gasteiger partial charge in [-0.1, -0.05) is 19.1 Å². The number of rotatable bonds is 4. The van der Waals surface area contributed by atoms with Gasteiger partial charge >= 0.3 is 0 Å². The average Bonchev–Trinajstić information content (AvgIpc) is 2.82. The second kappa shape index (κ2) is 6.33. The molecular formula is C14H18N4S. The number of thiazole rings is 1. The van der Waals surface area contributed by atoms with Gasteiger partial charge in [-0.2, -0.15) is 0 Å². The van der Waals surface area contributed by atoms with Crippen molar-refractivity contribution in [2.75, 3.05) is 5.32 Å². The van der Waals surface area contributed by atoms with E-state index in [1.165, 1.54) is 10.4 Å². The van der Waals surface area contributed by atoms with Crippen LogP contribution >= 0.6 is 11.3 Å². The largest absolute Gasteiger partial charge is 0.370 e. The number of nitrogens with two attached hydrogens (primary N) is 1. The minimum atomic E-state index is 0.418. The second-order valence-corrected chi connectivity index (χ2v) is 5.56. The van der Waals surface area contributed by atoms with E-state index in [-0.39, 0.29) is 0 Å². The monoisotopic (exact) mass is 274 g/mol. The Morgan fingerprint density at radius 2 is 2.32 bits per heavy atom. The number of hydrogen-bond donors (Lipinski definition) is 2. The van der Waals surface area contributed by atoms with Crippen LogP contribution in [-0.4, -0.2) is 10.9 Å². The second-order valence-electron chi connectivity index (χ2n) is 4.25. The molecule has 0 spiro atoms. The minimum Gasteiger partial charge on any atom is -0.370 e. The van der Waals surface area contributed by atoms with Crippen LogP contribution in [0.4, 0.5) is 5.69 Å². The van der Waals surface area contributed by atoms with Crippen LogP contribution in [0, 0.1) is 6.92 Å². The summed E-state index contributed by atoms with van der Waals surface area (Å²) in [5.41, 5.74) is 8.11. The molecule has 1 aromatic carbocycles. The van der Waals surface area contributed by atoms with E-state index in [1.54, 1.807) is 11.3 Å². The molecule has 0 aliphatic rings. The number of aromatic nitrogens is 1. The van der Waals surface area contributed by atoms with Gasteiger partial charge in [0.1, 0.15) is 5.01 Å². The van der Waals surface area contributed by atoms with Crippen molar-refractivity contribution < 1.29 is 0 Å². The van der Waals surface area contributed by atoms with Crippen molar-refractivity contribution in [3.05, 3.63) is 45.9 Å². The number of aryl methyl sites for hydroxylation is 2. The van der Waals surface area contributed by atoms with Gasteiger partial charge in [0.15, 0.2) is 5.96 Å². The minimum absolute atomic E-state index is 0.418. The highest BCUT2D eigenvalue weighted by Crippen LogP contribution is 2.13. The fraction of sp³-hybridized carbons (Fsp3) is 0.286. The molecule has 0 unspecified atom stereocenters. The van der Waals surface area contributed by atoms with Gasteiger partial charge in [-0.05, 0) is 31.0 Å². The molecule has 19 heavy (non-hydrogen) atoms. The molecule has 1 aromatic heterocycles. The first-order valence-corrected chi connectivity index (χ1v) is 7.06. The Labute approximate surface area is 117 Å². The molecule has 0 saturated heterocycles.